The van der Waals surface area contributed by atoms with Crippen molar-refractivity contribution < 1.29 is 14.3 Å². The standard InChI is InChI=1S/C17H18N4O3/c1-10-4-3-5-12-11(2)15(24-14(10)12)16(22)21-7-6-17(23,9-21)13-8-18-20-19-13/h3-5,8,23H,6-7,9H2,1-2H3,(H,18,19,20). The van der Waals surface area contributed by atoms with Crippen molar-refractivity contribution in [2.45, 2.75) is 25.9 Å². The summed E-state index contributed by atoms with van der Waals surface area (Å²) in [7, 11) is 0. The summed E-state index contributed by atoms with van der Waals surface area (Å²) in [5.41, 5.74) is 1.85. The molecule has 3 heterocycles. The fourth-order valence-electron chi connectivity index (χ4n) is 3.33. The Morgan fingerprint density at radius 1 is 1.42 bits per heavy atom. The van der Waals surface area contributed by atoms with E-state index in [9.17, 15) is 9.90 Å². The molecule has 1 unspecified atom stereocenters. The van der Waals surface area contributed by atoms with E-state index in [2.05, 4.69) is 15.4 Å². The highest BCUT2D eigenvalue weighted by atomic mass is 16.3. The summed E-state index contributed by atoms with van der Waals surface area (Å²) in [6, 6.07) is 5.86. The molecule has 0 saturated carbocycles. The van der Waals surface area contributed by atoms with Gasteiger partial charge in [-0.1, -0.05) is 18.2 Å². The third kappa shape index (κ3) is 2.12. The fraction of sp³-hybridized carbons (Fsp3) is 0.353. The van der Waals surface area contributed by atoms with Crippen molar-refractivity contribution in [3.63, 3.8) is 0 Å². The number of β-amino-alcohol motifs (C(OH)–C–C–N with tert-alkyl or cyclic N) is 1. The van der Waals surface area contributed by atoms with Crippen LogP contribution in [0, 0.1) is 13.8 Å². The van der Waals surface area contributed by atoms with E-state index in [1.165, 1.54) is 6.20 Å². The number of amides is 1. The van der Waals surface area contributed by atoms with Crippen LogP contribution in [-0.4, -0.2) is 44.4 Å². The summed E-state index contributed by atoms with van der Waals surface area (Å²) in [5, 5.41) is 21.9. The van der Waals surface area contributed by atoms with Crippen molar-refractivity contribution in [1.29, 1.82) is 0 Å². The van der Waals surface area contributed by atoms with E-state index in [0.29, 0.717) is 24.4 Å². The SMILES string of the molecule is Cc1c(C(=O)N2CCC(O)(c3cn[nH]n3)C2)oc2c(C)cccc12. The zero-order chi connectivity index (χ0) is 16.9. The minimum atomic E-state index is -1.17. The van der Waals surface area contributed by atoms with Crippen molar-refractivity contribution in [2.75, 3.05) is 13.1 Å². The summed E-state index contributed by atoms with van der Waals surface area (Å²) in [4.78, 5) is 14.5. The van der Waals surface area contributed by atoms with Crippen molar-refractivity contribution in [1.82, 2.24) is 20.3 Å². The Morgan fingerprint density at radius 3 is 2.96 bits per heavy atom. The number of rotatable bonds is 2. The number of furan rings is 1. The molecule has 1 aliphatic rings. The maximum absolute atomic E-state index is 12.9. The Kier molecular flexibility index (Phi) is 3.21. The molecular formula is C17H18N4O3. The zero-order valence-corrected chi connectivity index (χ0v) is 13.5. The minimum Gasteiger partial charge on any atom is -0.450 e. The first-order valence-electron chi connectivity index (χ1n) is 7.86. The number of hydrogen-bond acceptors (Lipinski definition) is 5. The Bertz CT molecular complexity index is 915. The maximum Gasteiger partial charge on any atom is 0.290 e. The quantitative estimate of drug-likeness (QED) is 0.750. The van der Waals surface area contributed by atoms with Gasteiger partial charge in [0.05, 0.1) is 12.7 Å². The minimum absolute atomic E-state index is 0.174. The number of H-pyrrole nitrogens is 1. The molecule has 124 valence electrons. The predicted molar refractivity (Wildman–Crippen MR) is 86.5 cm³/mol. The summed E-state index contributed by atoms with van der Waals surface area (Å²) in [5.74, 6) is 0.131. The summed E-state index contributed by atoms with van der Waals surface area (Å²) in [6.07, 6.45) is 1.91. The van der Waals surface area contributed by atoms with Crippen LogP contribution in [0.25, 0.3) is 11.0 Å². The van der Waals surface area contributed by atoms with Crippen LogP contribution in [0.1, 0.15) is 33.8 Å². The normalized spacial score (nSPS) is 20.9. The van der Waals surface area contributed by atoms with Crippen molar-refractivity contribution in [3.8, 4) is 0 Å². The average Bonchev–Trinajstić information content (AvgIpc) is 3.28. The molecule has 1 aliphatic heterocycles. The number of aromatic nitrogens is 3. The van der Waals surface area contributed by atoms with Crippen LogP contribution < -0.4 is 0 Å². The van der Waals surface area contributed by atoms with E-state index in [-0.39, 0.29) is 12.5 Å². The van der Waals surface area contributed by atoms with Gasteiger partial charge in [0, 0.05) is 23.9 Å². The number of nitrogens with zero attached hydrogens (tertiary/aromatic N) is 3. The largest absolute Gasteiger partial charge is 0.450 e. The van der Waals surface area contributed by atoms with Crippen LogP contribution in [0.15, 0.2) is 28.8 Å². The first-order valence-corrected chi connectivity index (χ1v) is 7.86. The maximum atomic E-state index is 12.9. The number of nitrogens with one attached hydrogen (secondary N) is 1. The van der Waals surface area contributed by atoms with E-state index in [4.69, 9.17) is 4.42 Å². The smallest absolute Gasteiger partial charge is 0.290 e. The van der Waals surface area contributed by atoms with Gasteiger partial charge in [0.1, 0.15) is 16.9 Å². The molecule has 0 radical (unpaired) electrons. The Labute approximate surface area is 138 Å². The van der Waals surface area contributed by atoms with Crippen LogP contribution in [0.4, 0.5) is 0 Å². The van der Waals surface area contributed by atoms with Gasteiger partial charge in [-0.05, 0) is 19.4 Å². The second-order valence-corrected chi connectivity index (χ2v) is 6.37. The summed E-state index contributed by atoms with van der Waals surface area (Å²) in [6.45, 7) is 4.46. The van der Waals surface area contributed by atoms with Gasteiger partial charge in [0.2, 0.25) is 0 Å². The number of carbonyl (C=O) groups is 1. The highest BCUT2D eigenvalue weighted by molar-refractivity contribution is 5.99. The molecule has 3 aromatic rings. The van der Waals surface area contributed by atoms with Crippen molar-refractivity contribution in [3.05, 3.63) is 47.0 Å². The Hall–Kier alpha value is -2.67. The molecule has 2 N–H and O–H groups in total. The lowest BCUT2D eigenvalue weighted by Crippen LogP contribution is -2.34. The number of benzene rings is 1. The van der Waals surface area contributed by atoms with E-state index < -0.39 is 5.60 Å². The number of likely N-dealkylation sites (tertiary alicyclic amines) is 1. The molecule has 1 atom stereocenters. The zero-order valence-electron chi connectivity index (χ0n) is 13.5. The van der Waals surface area contributed by atoms with Gasteiger partial charge < -0.3 is 14.4 Å². The van der Waals surface area contributed by atoms with E-state index in [0.717, 1.165) is 22.1 Å². The van der Waals surface area contributed by atoms with Gasteiger partial charge in [-0.2, -0.15) is 15.4 Å². The Morgan fingerprint density at radius 2 is 2.25 bits per heavy atom. The van der Waals surface area contributed by atoms with Gasteiger partial charge in [0.25, 0.3) is 5.91 Å². The molecular weight excluding hydrogens is 308 g/mol. The van der Waals surface area contributed by atoms with E-state index in [1.807, 2.05) is 32.0 Å². The summed E-state index contributed by atoms with van der Waals surface area (Å²) >= 11 is 0. The van der Waals surface area contributed by atoms with Crippen LogP contribution in [0.3, 0.4) is 0 Å². The average molecular weight is 326 g/mol. The molecule has 0 spiro atoms. The van der Waals surface area contributed by atoms with E-state index in [1.54, 1.807) is 4.90 Å². The molecule has 1 saturated heterocycles. The number of aryl methyl sites for hydroxylation is 2. The van der Waals surface area contributed by atoms with Gasteiger partial charge >= 0.3 is 0 Å². The predicted octanol–water partition coefficient (Wildman–Crippen LogP) is 1.90. The molecule has 2 aromatic heterocycles. The van der Waals surface area contributed by atoms with Crippen LogP contribution in [-0.2, 0) is 5.60 Å². The number of fused-ring (bicyclic) bond motifs is 1. The van der Waals surface area contributed by atoms with Crippen molar-refractivity contribution >= 4 is 16.9 Å². The fourth-order valence-corrected chi connectivity index (χ4v) is 3.33. The molecule has 4 rings (SSSR count). The lowest BCUT2D eigenvalue weighted by molar-refractivity contribution is 0.0374. The summed E-state index contributed by atoms with van der Waals surface area (Å²) < 4.78 is 5.86. The molecule has 1 amide bonds. The second-order valence-electron chi connectivity index (χ2n) is 6.37. The third-order valence-electron chi connectivity index (χ3n) is 4.78. The monoisotopic (exact) mass is 326 g/mol. The molecule has 0 aliphatic carbocycles. The number of carbonyl (C=O) groups excluding carboxylic acids is 1. The molecule has 7 nitrogen and oxygen atoms in total. The van der Waals surface area contributed by atoms with Crippen LogP contribution >= 0.6 is 0 Å². The number of aromatic amines is 1. The lowest BCUT2D eigenvalue weighted by atomic mass is 10.00. The number of para-hydroxylation sites is 1. The topological polar surface area (TPSA) is 95.2 Å². The molecule has 0 bridgehead atoms. The molecule has 1 aromatic carbocycles. The van der Waals surface area contributed by atoms with Crippen molar-refractivity contribution in [2.24, 2.45) is 0 Å². The third-order valence-corrected chi connectivity index (χ3v) is 4.78. The second kappa shape index (κ2) is 5.17. The molecule has 24 heavy (non-hydrogen) atoms. The molecule has 1 fully saturated rings. The highest BCUT2D eigenvalue weighted by Gasteiger charge is 2.42. The molecule has 7 heteroatoms. The van der Waals surface area contributed by atoms with Gasteiger partial charge in [-0.25, -0.2) is 0 Å². The van der Waals surface area contributed by atoms with Crippen LogP contribution in [0.5, 0.6) is 0 Å². The first kappa shape index (κ1) is 14.9. The number of aliphatic hydroxyl groups is 1. The van der Waals surface area contributed by atoms with Gasteiger partial charge in [-0.3, -0.25) is 4.79 Å². The van der Waals surface area contributed by atoms with E-state index >= 15 is 0 Å². The lowest BCUT2D eigenvalue weighted by Gasteiger charge is -2.20. The first-order chi connectivity index (χ1) is 11.5. The highest BCUT2D eigenvalue weighted by Crippen LogP contribution is 2.33. The van der Waals surface area contributed by atoms with Crippen LogP contribution in [0.2, 0.25) is 0 Å². The van der Waals surface area contributed by atoms with Gasteiger partial charge in [-0.15, -0.1) is 0 Å². The van der Waals surface area contributed by atoms with Gasteiger partial charge in [0.15, 0.2) is 5.76 Å². The Balaban J connectivity index is 1.66. The number of hydrogen-bond donors (Lipinski definition) is 2.